The summed E-state index contributed by atoms with van der Waals surface area (Å²) in [5.41, 5.74) is 0.968. The maximum Gasteiger partial charge on any atom is 0.310 e. The zero-order valence-electron chi connectivity index (χ0n) is 31.0. The summed E-state index contributed by atoms with van der Waals surface area (Å²) in [6, 6.07) is 0. The number of aromatic nitrogens is 3. The van der Waals surface area contributed by atoms with Crippen molar-refractivity contribution in [3.05, 3.63) is 23.5 Å². The molecule has 6 aliphatic rings. The summed E-state index contributed by atoms with van der Waals surface area (Å²) < 4.78 is 7.05. The van der Waals surface area contributed by atoms with E-state index in [1.54, 1.807) is 6.20 Å². The van der Waals surface area contributed by atoms with Gasteiger partial charge in [-0.1, -0.05) is 65.3 Å². The van der Waals surface area contributed by atoms with Gasteiger partial charge < -0.3 is 35.4 Å². The molecule has 50 heavy (non-hydrogen) atoms. The molecule has 1 aliphatic heterocycles. The molecule has 5 fully saturated rings. The van der Waals surface area contributed by atoms with Gasteiger partial charge in [-0.2, -0.15) is 0 Å². The van der Waals surface area contributed by atoms with Gasteiger partial charge in [0, 0.05) is 0 Å². The Morgan fingerprint density at radius 1 is 0.920 bits per heavy atom. The molecule has 14 atom stereocenters. The first-order valence-electron chi connectivity index (χ1n) is 19.1. The van der Waals surface area contributed by atoms with Crippen LogP contribution in [0, 0.1) is 56.2 Å². The SMILES string of the molecule is CC1(C)CC[C@]2(C(=O)O)CC[C@]3(C)C(=CC[C@@H]4[C@@]5(C)C[C@@H](Cc6cn([C@@H]7O[C@H](CO)[C@@H](O)[C@H](O)[C@H]7O)nn6)[C@H](O)C(C)(C)[C@@H]5CC[C@]43C)[C@@H]2C1. The number of aliphatic hydroxyl groups excluding tert-OH is 5. The van der Waals surface area contributed by atoms with Gasteiger partial charge in [-0.05, 0) is 115 Å². The van der Waals surface area contributed by atoms with Crippen molar-refractivity contribution in [2.24, 2.45) is 56.2 Å². The lowest BCUT2D eigenvalue weighted by atomic mass is 9.33. The molecule has 4 saturated carbocycles. The molecule has 0 bridgehead atoms. The Morgan fingerprint density at radius 3 is 2.30 bits per heavy atom. The highest BCUT2D eigenvalue weighted by molar-refractivity contribution is 5.76. The molecular formula is C39H61N3O8. The number of hydrogen-bond acceptors (Lipinski definition) is 9. The van der Waals surface area contributed by atoms with Crippen molar-refractivity contribution in [2.45, 2.75) is 149 Å². The summed E-state index contributed by atoms with van der Waals surface area (Å²) >= 11 is 0. The summed E-state index contributed by atoms with van der Waals surface area (Å²) in [6.07, 6.45) is 5.54. The first-order valence-corrected chi connectivity index (χ1v) is 19.1. The number of carboxylic acid groups (broad SMARTS) is 1. The second-order valence-corrected chi connectivity index (χ2v) is 19.5. The van der Waals surface area contributed by atoms with E-state index in [1.165, 1.54) is 10.3 Å². The third-order valence-electron chi connectivity index (χ3n) is 16.3. The van der Waals surface area contributed by atoms with E-state index in [-0.39, 0.29) is 38.9 Å². The van der Waals surface area contributed by atoms with E-state index < -0.39 is 54.7 Å². The van der Waals surface area contributed by atoms with Crippen molar-refractivity contribution in [2.75, 3.05) is 6.61 Å². The summed E-state index contributed by atoms with van der Waals surface area (Å²) in [4.78, 5) is 13.0. The molecule has 0 unspecified atom stereocenters. The average molecular weight is 700 g/mol. The monoisotopic (exact) mass is 699 g/mol. The van der Waals surface area contributed by atoms with Gasteiger partial charge in [0.1, 0.15) is 24.4 Å². The first-order chi connectivity index (χ1) is 23.3. The zero-order chi connectivity index (χ0) is 36.4. The maximum absolute atomic E-state index is 13.0. The zero-order valence-corrected chi connectivity index (χ0v) is 31.0. The molecule has 1 aromatic rings. The van der Waals surface area contributed by atoms with Crippen LogP contribution >= 0.6 is 0 Å². The van der Waals surface area contributed by atoms with E-state index >= 15 is 0 Å². The fourth-order valence-electron chi connectivity index (χ4n) is 13.3. The van der Waals surface area contributed by atoms with Gasteiger partial charge in [-0.3, -0.25) is 4.79 Å². The molecule has 5 aliphatic carbocycles. The van der Waals surface area contributed by atoms with E-state index in [0.29, 0.717) is 24.0 Å². The molecule has 1 aromatic heterocycles. The minimum absolute atomic E-state index is 0.0102. The molecule has 280 valence electrons. The van der Waals surface area contributed by atoms with Gasteiger partial charge in [-0.25, -0.2) is 4.68 Å². The summed E-state index contributed by atoms with van der Waals surface area (Å²) in [5, 5.41) is 72.2. The fraction of sp³-hybridized carbons (Fsp3) is 0.872. The number of carboxylic acids is 1. The Hall–Kier alpha value is -1.89. The number of aliphatic hydroxyl groups is 5. The average Bonchev–Trinajstić information content (AvgIpc) is 3.50. The number of carbonyl (C=O) groups is 1. The number of aliphatic carboxylic acids is 1. The molecule has 2 heterocycles. The molecule has 0 amide bonds. The Bertz CT molecular complexity index is 1520. The van der Waals surface area contributed by atoms with Gasteiger partial charge >= 0.3 is 5.97 Å². The molecule has 11 heteroatoms. The van der Waals surface area contributed by atoms with E-state index in [1.807, 2.05) is 0 Å². The number of hydrogen-bond donors (Lipinski definition) is 6. The lowest BCUT2D eigenvalue weighted by molar-refractivity contribution is -0.254. The second kappa shape index (κ2) is 11.8. The Labute approximate surface area is 296 Å². The third kappa shape index (κ3) is 4.99. The van der Waals surface area contributed by atoms with Crippen molar-refractivity contribution >= 4 is 5.97 Å². The highest BCUT2D eigenvalue weighted by atomic mass is 16.6. The Morgan fingerprint density at radius 2 is 1.62 bits per heavy atom. The van der Waals surface area contributed by atoms with Crippen LogP contribution in [0.1, 0.15) is 118 Å². The topological polar surface area (TPSA) is 178 Å². The van der Waals surface area contributed by atoms with Crippen molar-refractivity contribution in [1.82, 2.24) is 15.0 Å². The largest absolute Gasteiger partial charge is 0.481 e. The quantitative estimate of drug-likeness (QED) is 0.243. The number of nitrogens with zero attached hydrogens (tertiary/aromatic N) is 3. The molecule has 1 saturated heterocycles. The molecule has 0 aromatic carbocycles. The smallest absolute Gasteiger partial charge is 0.310 e. The van der Waals surface area contributed by atoms with Crippen molar-refractivity contribution in [1.29, 1.82) is 0 Å². The van der Waals surface area contributed by atoms with Gasteiger partial charge in [0.2, 0.25) is 0 Å². The van der Waals surface area contributed by atoms with Gasteiger partial charge in [0.25, 0.3) is 0 Å². The van der Waals surface area contributed by atoms with Gasteiger partial charge in [0.05, 0.1) is 30.0 Å². The summed E-state index contributed by atoms with van der Waals surface area (Å²) in [6.45, 7) is 16.0. The predicted molar refractivity (Wildman–Crippen MR) is 184 cm³/mol. The normalized spacial score (nSPS) is 49.5. The van der Waals surface area contributed by atoms with Crippen molar-refractivity contribution in [3.8, 4) is 0 Å². The van der Waals surface area contributed by atoms with Crippen LogP contribution in [0.3, 0.4) is 0 Å². The van der Waals surface area contributed by atoms with E-state index in [9.17, 15) is 35.4 Å². The van der Waals surface area contributed by atoms with Crippen LogP contribution in [0.25, 0.3) is 0 Å². The van der Waals surface area contributed by atoms with Gasteiger partial charge in [-0.15, -0.1) is 5.10 Å². The number of fused-ring (bicyclic) bond motifs is 7. The lowest BCUT2D eigenvalue weighted by Crippen LogP contribution is -2.66. The lowest BCUT2D eigenvalue weighted by Gasteiger charge is -2.71. The van der Waals surface area contributed by atoms with Crippen LogP contribution in [-0.2, 0) is 16.0 Å². The van der Waals surface area contributed by atoms with Crippen LogP contribution in [0.2, 0.25) is 0 Å². The molecule has 7 rings (SSSR count). The number of rotatable bonds is 5. The summed E-state index contributed by atoms with van der Waals surface area (Å²) in [5.74, 6) is 0.0399. The minimum Gasteiger partial charge on any atom is -0.481 e. The van der Waals surface area contributed by atoms with Crippen molar-refractivity contribution < 1.29 is 40.2 Å². The Kier molecular flexibility index (Phi) is 8.61. The van der Waals surface area contributed by atoms with Crippen molar-refractivity contribution in [3.63, 3.8) is 0 Å². The minimum atomic E-state index is -1.52. The van der Waals surface area contributed by atoms with E-state index in [4.69, 9.17) is 4.74 Å². The van der Waals surface area contributed by atoms with Crippen LogP contribution in [0.4, 0.5) is 0 Å². The van der Waals surface area contributed by atoms with Crippen LogP contribution < -0.4 is 0 Å². The second-order valence-electron chi connectivity index (χ2n) is 19.5. The first kappa shape index (κ1) is 36.5. The molecule has 6 N–H and O–H groups in total. The number of allylic oxidation sites excluding steroid dienone is 2. The molecule has 0 radical (unpaired) electrons. The van der Waals surface area contributed by atoms with Crippen LogP contribution in [-0.4, -0.2) is 88.7 Å². The predicted octanol–water partition coefficient (Wildman–Crippen LogP) is 4.27. The fourth-order valence-corrected chi connectivity index (χ4v) is 13.3. The number of ether oxygens (including phenoxy) is 1. The third-order valence-corrected chi connectivity index (χ3v) is 16.3. The molecule has 0 spiro atoms. The highest BCUT2D eigenvalue weighted by Gasteiger charge is 2.70. The highest BCUT2D eigenvalue weighted by Crippen LogP contribution is 2.76. The van der Waals surface area contributed by atoms with Crippen LogP contribution in [0.5, 0.6) is 0 Å². The standard InChI is InChI=1S/C39H61N3O8/c1-34(2)12-14-39(33(48)49)15-13-37(6)23(24(39)18-34)8-9-27-36(5)17-21(31(47)35(3,4)26(36)10-11-38(27,37)7)16-22-19-42(41-40-22)32-30(46)29(45)28(44)25(20-43)50-32/h8,19,21,24-32,43-47H,9-18,20H2,1-7H3,(H,48,49)/t21-,24+,25-,26+,27-,28-,29+,30-,31+,32-,36+,37-,38-,39+/m1/s1. The summed E-state index contributed by atoms with van der Waals surface area (Å²) in [7, 11) is 0. The Balaban J connectivity index is 1.19. The maximum atomic E-state index is 13.0. The molecule has 11 nitrogen and oxygen atoms in total. The van der Waals surface area contributed by atoms with E-state index in [0.717, 1.165) is 57.8 Å². The molecular weight excluding hydrogens is 638 g/mol. The van der Waals surface area contributed by atoms with Crippen LogP contribution in [0.15, 0.2) is 17.8 Å². The van der Waals surface area contributed by atoms with E-state index in [2.05, 4.69) is 64.9 Å². The van der Waals surface area contributed by atoms with Gasteiger partial charge in [0.15, 0.2) is 6.23 Å².